The highest BCUT2D eigenvalue weighted by Crippen LogP contribution is 2.40. The Morgan fingerprint density at radius 1 is 0.833 bits per heavy atom. The quantitative estimate of drug-likeness (QED) is 0.442. The monoisotopic (exact) mass is 379 g/mol. The van der Waals surface area contributed by atoms with Crippen LogP contribution in [0.15, 0.2) is 75.9 Å². The number of aromatic nitrogens is 1. The summed E-state index contributed by atoms with van der Waals surface area (Å²) in [6.07, 6.45) is 1.76. The third kappa shape index (κ3) is 2.39. The van der Waals surface area contributed by atoms with Crippen LogP contribution in [0.3, 0.4) is 0 Å². The Morgan fingerprint density at radius 2 is 1.58 bits per heavy atom. The minimum absolute atomic E-state index is 0.751. The van der Waals surface area contributed by atoms with Crippen LogP contribution < -0.4 is 4.74 Å². The van der Waals surface area contributed by atoms with Crippen LogP contribution in [0.2, 0.25) is 0 Å². The molecule has 3 nitrogen and oxygen atoms in total. The summed E-state index contributed by atoms with van der Waals surface area (Å²) in [4.78, 5) is 0. The predicted molar refractivity (Wildman–Crippen MR) is 99.1 cm³/mol. The molecule has 0 aliphatic rings. The molecule has 0 saturated carbocycles. The fourth-order valence-electron chi connectivity index (χ4n) is 2.95. The lowest BCUT2D eigenvalue weighted by atomic mass is 9.97. The van der Waals surface area contributed by atoms with E-state index in [-0.39, 0.29) is 0 Å². The van der Waals surface area contributed by atoms with E-state index in [1.54, 1.807) is 13.3 Å². The van der Waals surface area contributed by atoms with Gasteiger partial charge in [0.25, 0.3) is 0 Å². The molecule has 4 aromatic rings. The molecule has 0 radical (unpaired) electrons. The second-order valence-electron chi connectivity index (χ2n) is 5.41. The Labute approximate surface area is 148 Å². The molecule has 0 atom stereocenters. The van der Waals surface area contributed by atoms with Gasteiger partial charge in [0.1, 0.15) is 5.75 Å². The highest BCUT2D eigenvalue weighted by atomic mass is 79.9. The minimum atomic E-state index is 0.751. The van der Waals surface area contributed by atoms with Crippen LogP contribution in [0, 0.1) is 0 Å². The first-order valence-corrected chi connectivity index (χ1v) is 8.34. The molecule has 0 fully saturated rings. The van der Waals surface area contributed by atoms with Crippen LogP contribution >= 0.6 is 15.9 Å². The Balaban J connectivity index is 1.98. The fraction of sp³-hybridized carbons (Fsp3) is 0.0500. The van der Waals surface area contributed by atoms with Gasteiger partial charge in [0.05, 0.1) is 18.9 Å². The standard InChI is InChI=1S/C20H14BrNO2/c1-23-19-11-10-16(13-6-2-3-8-15(13)19)20-17(12-22-24-20)14-7-4-5-9-18(14)21/h2-12H,1H3. The highest BCUT2D eigenvalue weighted by molar-refractivity contribution is 9.10. The number of hydrogen-bond acceptors (Lipinski definition) is 3. The van der Waals surface area contributed by atoms with Crippen LogP contribution in [0.4, 0.5) is 0 Å². The van der Waals surface area contributed by atoms with Crippen LogP contribution in [0.1, 0.15) is 0 Å². The van der Waals surface area contributed by atoms with Gasteiger partial charge in [-0.2, -0.15) is 0 Å². The smallest absolute Gasteiger partial charge is 0.175 e. The number of halogens is 1. The Hall–Kier alpha value is -2.59. The molecule has 0 spiro atoms. The third-order valence-electron chi connectivity index (χ3n) is 4.08. The van der Waals surface area contributed by atoms with E-state index in [1.165, 1.54) is 0 Å². The molecule has 3 aromatic carbocycles. The van der Waals surface area contributed by atoms with E-state index >= 15 is 0 Å². The molecule has 0 bridgehead atoms. The Kier molecular flexibility index (Phi) is 3.82. The fourth-order valence-corrected chi connectivity index (χ4v) is 3.45. The molecule has 0 aliphatic carbocycles. The molecular weight excluding hydrogens is 366 g/mol. The zero-order chi connectivity index (χ0) is 16.5. The van der Waals surface area contributed by atoms with Gasteiger partial charge < -0.3 is 9.26 Å². The van der Waals surface area contributed by atoms with E-state index in [2.05, 4.69) is 27.2 Å². The van der Waals surface area contributed by atoms with Crippen LogP contribution in [-0.4, -0.2) is 12.3 Å². The zero-order valence-corrected chi connectivity index (χ0v) is 14.6. The third-order valence-corrected chi connectivity index (χ3v) is 4.77. The summed E-state index contributed by atoms with van der Waals surface area (Å²) in [7, 11) is 1.68. The largest absolute Gasteiger partial charge is 0.496 e. The molecule has 0 amide bonds. The number of fused-ring (bicyclic) bond motifs is 1. The maximum atomic E-state index is 5.63. The van der Waals surface area contributed by atoms with Gasteiger partial charge in [-0.1, -0.05) is 63.6 Å². The summed E-state index contributed by atoms with van der Waals surface area (Å²) >= 11 is 3.61. The van der Waals surface area contributed by atoms with Gasteiger partial charge in [0, 0.05) is 21.0 Å². The number of hydrogen-bond donors (Lipinski definition) is 0. The van der Waals surface area contributed by atoms with Gasteiger partial charge in [-0.3, -0.25) is 0 Å². The molecule has 4 rings (SSSR count). The van der Waals surface area contributed by atoms with Crippen LogP contribution in [0.5, 0.6) is 5.75 Å². The first-order valence-electron chi connectivity index (χ1n) is 7.55. The number of rotatable bonds is 3. The van der Waals surface area contributed by atoms with Gasteiger partial charge in [0.15, 0.2) is 5.76 Å². The summed E-state index contributed by atoms with van der Waals surface area (Å²) in [5, 5.41) is 6.16. The normalized spacial score (nSPS) is 10.9. The molecule has 1 aromatic heterocycles. The Morgan fingerprint density at radius 3 is 2.38 bits per heavy atom. The molecule has 4 heteroatoms. The van der Waals surface area contributed by atoms with Crippen molar-refractivity contribution in [3.05, 3.63) is 71.3 Å². The average Bonchev–Trinajstić information content (AvgIpc) is 3.10. The number of benzene rings is 3. The van der Waals surface area contributed by atoms with Gasteiger partial charge >= 0.3 is 0 Å². The topological polar surface area (TPSA) is 35.3 Å². The second kappa shape index (κ2) is 6.13. The maximum absolute atomic E-state index is 5.63. The SMILES string of the molecule is COc1ccc(-c2oncc2-c2ccccc2Br)c2ccccc12. The molecule has 0 unspecified atom stereocenters. The highest BCUT2D eigenvalue weighted by Gasteiger charge is 2.18. The second-order valence-corrected chi connectivity index (χ2v) is 6.26. The van der Waals surface area contributed by atoms with E-state index in [1.807, 2.05) is 54.6 Å². The van der Waals surface area contributed by atoms with E-state index < -0.39 is 0 Å². The first kappa shape index (κ1) is 15.0. The van der Waals surface area contributed by atoms with Crippen molar-refractivity contribution in [3.63, 3.8) is 0 Å². The maximum Gasteiger partial charge on any atom is 0.175 e. The average molecular weight is 380 g/mol. The summed E-state index contributed by atoms with van der Waals surface area (Å²) in [6.45, 7) is 0. The van der Waals surface area contributed by atoms with Crippen molar-refractivity contribution in [1.29, 1.82) is 0 Å². The molecule has 0 N–H and O–H groups in total. The molecule has 0 aliphatic heterocycles. The van der Waals surface area contributed by atoms with E-state index in [9.17, 15) is 0 Å². The van der Waals surface area contributed by atoms with Crippen molar-refractivity contribution in [2.24, 2.45) is 0 Å². The lowest BCUT2D eigenvalue weighted by Gasteiger charge is -2.10. The van der Waals surface area contributed by atoms with E-state index in [0.717, 1.165) is 43.4 Å². The van der Waals surface area contributed by atoms with E-state index in [0.29, 0.717) is 0 Å². The minimum Gasteiger partial charge on any atom is -0.496 e. The molecule has 0 saturated heterocycles. The first-order chi connectivity index (χ1) is 11.8. The molecule has 118 valence electrons. The zero-order valence-electron chi connectivity index (χ0n) is 13.0. The van der Waals surface area contributed by atoms with E-state index in [4.69, 9.17) is 9.26 Å². The molecule has 1 heterocycles. The molecule has 24 heavy (non-hydrogen) atoms. The van der Waals surface area contributed by atoms with Gasteiger partial charge in [-0.25, -0.2) is 0 Å². The van der Waals surface area contributed by atoms with Gasteiger partial charge in [0.2, 0.25) is 0 Å². The van der Waals surface area contributed by atoms with Crippen molar-refractivity contribution in [3.8, 4) is 28.2 Å². The van der Waals surface area contributed by atoms with Crippen molar-refractivity contribution in [2.45, 2.75) is 0 Å². The Bertz CT molecular complexity index is 1020. The van der Waals surface area contributed by atoms with Gasteiger partial charge in [-0.05, 0) is 23.6 Å². The van der Waals surface area contributed by atoms with Crippen molar-refractivity contribution < 1.29 is 9.26 Å². The summed E-state index contributed by atoms with van der Waals surface area (Å²) < 4.78 is 12.1. The van der Waals surface area contributed by atoms with Crippen molar-refractivity contribution in [2.75, 3.05) is 7.11 Å². The number of nitrogens with zero attached hydrogens (tertiary/aromatic N) is 1. The lowest BCUT2D eigenvalue weighted by molar-refractivity contribution is 0.419. The van der Waals surface area contributed by atoms with Crippen LogP contribution in [0.25, 0.3) is 33.2 Å². The lowest BCUT2D eigenvalue weighted by Crippen LogP contribution is -1.88. The number of methoxy groups -OCH3 is 1. The van der Waals surface area contributed by atoms with Crippen molar-refractivity contribution >= 4 is 26.7 Å². The summed E-state index contributed by atoms with van der Waals surface area (Å²) in [5.74, 6) is 1.59. The summed E-state index contributed by atoms with van der Waals surface area (Å²) in [6, 6.07) is 20.2. The van der Waals surface area contributed by atoms with Crippen LogP contribution in [-0.2, 0) is 0 Å². The number of ether oxygens (including phenoxy) is 1. The molecular formula is C20H14BrNO2. The van der Waals surface area contributed by atoms with Gasteiger partial charge in [-0.15, -0.1) is 0 Å². The predicted octanol–water partition coefficient (Wildman–Crippen LogP) is 5.93. The van der Waals surface area contributed by atoms with Crippen molar-refractivity contribution in [1.82, 2.24) is 5.16 Å². The summed E-state index contributed by atoms with van der Waals surface area (Å²) in [5.41, 5.74) is 3.00.